The number of aliphatic hydroxyl groups excluding tert-OH is 3. The lowest BCUT2D eigenvalue weighted by Crippen LogP contribution is -2.61. The van der Waals surface area contributed by atoms with Crippen LogP contribution in [-0.2, 0) is 18.6 Å². The van der Waals surface area contributed by atoms with Crippen LogP contribution in [0.5, 0.6) is 0 Å². The van der Waals surface area contributed by atoms with Crippen molar-refractivity contribution in [2.45, 2.75) is 81.8 Å². The first-order chi connectivity index (χ1) is 14.5. The normalized spacial score (nSPS) is 33.9. The average molecular weight is 453 g/mol. The van der Waals surface area contributed by atoms with Gasteiger partial charge < -0.3 is 34.0 Å². The minimum absolute atomic E-state index is 0.0112. The molecular formula is C23H36O7Si. The fourth-order valence-electron chi connectivity index (χ4n) is 3.60. The van der Waals surface area contributed by atoms with E-state index >= 15 is 0 Å². The number of ether oxygens (including phenoxy) is 3. The molecule has 0 unspecified atom stereocenters. The summed E-state index contributed by atoms with van der Waals surface area (Å²) in [6.45, 7) is 10.8. The molecule has 3 rings (SSSR count). The largest absolute Gasteiger partial charge is 0.414 e. The SMILES string of the molecule is CO[C@H]1O[C@H](CO[Si](C)(C)C(C)(C)C)[C@H](O)[C@H](O)[C@@H]1O[C@H]1C=Cc2ccccc2[C@@H]1O. The minimum Gasteiger partial charge on any atom is -0.414 e. The molecule has 1 aliphatic carbocycles. The third kappa shape index (κ3) is 5.12. The summed E-state index contributed by atoms with van der Waals surface area (Å²) < 4.78 is 23.5. The van der Waals surface area contributed by atoms with Crippen molar-refractivity contribution < 1.29 is 34.0 Å². The maximum Gasteiger partial charge on any atom is 0.192 e. The van der Waals surface area contributed by atoms with E-state index in [4.69, 9.17) is 18.6 Å². The van der Waals surface area contributed by atoms with Gasteiger partial charge in [0.2, 0.25) is 0 Å². The molecule has 0 spiro atoms. The zero-order valence-electron chi connectivity index (χ0n) is 19.2. The van der Waals surface area contributed by atoms with E-state index in [1.807, 2.05) is 30.3 Å². The van der Waals surface area contributed by atoms with Crippen molar-refractivity contribution >= 4 is 14.4 Å². The fourth-order valence-corrected chi connectivity index (χ4v) is 4.61. The first kappa shape index (κ1) is 24.5. The predicted octanol–water partition coefficient (Wildman–Crippen LogP) is 2.62. The van der Waals surface area contributed by atoms with Crippen molar-refractivity contribution in [2.24, 2.45) is 0 Å². The van der Waals surface area contributed by atoms with Gasteiger partial charge in [-0.15, -0.1) is 0 Å². The van der Waals surface area contributed by atoms with Crippen LogP contribution < -0.4 is 0 Å². The third-order valence-electron chi connectivity index (χ3n) is 6.70. The summed E-state index contributed by atoms with van der Waals surface area (Å²) in [7, 11) is -0.597. The Morgan fingerprint density at radius 3 is 2.39 bits per heavy atom. The smallest absolute Gasteiger partial charge is 0.192 e. The van der Waals surface area contributed by atoms with Gasteiger partial charge in [0.1, 0.15) is 36.6 Å². The van der Waals surface area contributed by atoms with E-state index in [1.54, 1.807) is 6.08 Å². The third-order valence-corrected chi connectivity index (χ3v) is 11.2. The van der Waals surface area contributed by atoms with Gasteiger partial charge in [-0.2, -0.15) is 0 Å². The molecule has 7 nitrogen and oxygen atoms in total. The number of benzene rings is 1. The number of aliphatic hydroxyl groups is 3. The van der Waals surface area contributed by atoms with Gasteiger partial charge in [0.25, 0.3) is 0 Å². The monoisotopic (exact) mass is 452 g/mol. The topological polar surface area (TPSA) is 97.6 Å². The quantitative estimate of drug-likeness (QED) is 0.571. The molecule has 2 aliphatic rings. The summed E-state index contributed by atoms with van der Waals surface area (Å²) in [5.74, 6) is 0. The lowest BCUT2D eigenvalue weighted by Gasteiger charge is -2.45. The summed E-state index contributed by atoms with van der Waals surface area (Å²) in [6.07, 6.45) is -3.10. The van der Waals surface area contributed by atoms with Crippen molar-refractivity contribution in [2.75, 3.05) is 13.7 Å². The first-order valence-corrected chi connectivity index (χ1v) is 13.7. The molecule has 0 bridgehead atoms. The van der Waals surface area contributed by atoms with Crippen LogP contribution in [-0.4, -0.2) is 74.2 Å². The van der Waals surface area contributed by atoms with E-state index in [-0.39, 0.29) is 11.6 Å². The molecule has 0 aromatic heterocycles. The van der Waals surface area contributed by atoms with E-state index in [9.17, 15) is 15.3 Å². The molecule has 1 saturated heterocycles. The van der Waals surface area contributed by atoms with Gasteiger partial charge in [0, 0.05) is 7.11 Å². The van der Waals surface area contributed by atoms with Crippen LogP contribution in [0.2, 0.25) is 18.1 Å². The van der Waals surface area contributed by atoms with E-state index < -0.39 is 51.2 Å². The molecule has 1 fully saturated rings. The fraction of sp³-hybridized carbons (Fsp3) is 0.652. The summed E-state index contributed by atoms with van der Waals surface area (Å²) in [4.78, 5) is 0. The van der Waals surface area contributed by atoms with Crippen molar-refractivity contribution in [3.8, 4) is 0 Å². The molecule has 0 amide bonds. The zero-order chi connectivity index (χ0) is 23.0. The highest BCUT2D eigenvalue weighted by molar-refractivity contribution is 6.74. The number of hydrogen-bond donors (Lipinski definition) is 3. The van der Waals surface area contributed by atoms with Crippen LogP contribution in [0.4, 0.5) is 0 Å². The Balaban J connectivity index is 1.69. The van der Waals surface area contributed by atoms with Gasteiger partial charge in [-0.3, -0.25) is 0 Å². The van der Waals surface area contributed by atoms with Gasteiger partial charge in [-0.25, -0.2) is 0 Å². The molecule has 1 heterocycles. The van der Waals surface area contributed by atoms with Crippen molar-refractivity contribution in [1.29, 1.82) is 0 Å². The molecule has 0 saturated carbocycles. The summed E-state index contributed by atoms with van der Waals surface area (Å²) in [6, 6.07) is 7.51. The van der Waals surface area contributed by atoms with E-state index in [2.05, 4.69) is 33.9 Å². The Morgan fingerprint density at radius 1 is 1.06 bits per heavy atom. The maximum absolute atomic E-state index is 10.8. The number of rotatable bonds is 6. The molecule has 1 aromatic rings. The summed E-state index contributed by atoms with van der Waals surface area (Å²) >= 11 is 0. The van der Waals surface area contributed by atoms with Crippen LogP contribution in [0.15, 0.2) is 30.3 Å². The molecule has 7 atom stereocenters. The van der Waals surface area contributed by atoms with Crippen LogP contribution in [0, 0.1) is 0 Å². The Hall–Kier alpha value is -1.10. The zero-order valence-corrected chi connectivity index (χ0v) is 20.2. The second-order valence-electron chi connectivity index (χ2n) is 9.83. The molecular weight excluding hydrogens is 416 g/mol. The molecule has 8 heteroatoms. The summed E-state index contributed by atoms with van der Waals surface area (Å²) in [5.41, 5.74) is 1.66. The lowest BCUT2D eigenvalue weighted by molar-refractivity contribution is -0.310. The van der Waals surface area contributed by atoms with Gasteiger partial charge in [-0.1, -0.05) is 57.2 Å². The number of hydrogen-bond acceptors (Lipinski definition) is 7. The summed E-state index contributed by atoms with van der Waals surface area (Å²) in [5, 5.41) is 32.3. The highest BCUT2D eigenvalue weighted by atomic mass is 28.4. The van der Waals surface area contributed by atoms with Gasteiger partial charge >= 0.3 is 0 Å². The Bertz CT molecular complexity index is 773. The lowest BCUT2D eigenvalue weighted by atomic mass is 9.92. The van der Waals surface area contributed by atoms with Crippen LogP contribution in [0.1, 0.15) is 38.0 Å². The van der Waals surface area contributed by atoms with Crippen molar-refractivity contribution in [1.82, 2.24) is 0 Å². The van der Waals surface area contributed by atoms with Gasteiger partial charge in [0.15, 0.2) is 14.6 Å². The van der Waals surface area contributed by atoms with Crippen molar-refractivity contribution in [3.05, 3.63) is 41.5 Å². The van der Waals surface area contributed by atoms with E-state index in [1.165, 1.54) is 7.11 Å². The Kier molecular flexibility index (Phi) is 7.45. The van der Waals surface area contributed by atoms with E-state index in [0.717, 1.165) is 11.1 Å². The highest BCUT2D eigenvalue weighted by Gasteiger charge is 2.48. The van der Waals surface area contributed by atoms with Gasteiger partial charge in [-0.05, 0) is 29.3 Å². The average Bonchev–Trinajstić information content (AvgIpc) is 2.72. The Labute approximate surface area is 185 Å². The molecule has 174 valence electrons. The molecule has 3 N–H and O–H groups in total. The van der Waals surface area contributed by atoms with Crippen molar-refractivity contribution in [3.63, 3.8) is 0 Å². The minimum atomic E-state index is -2.05. The second-order valence-corrected chi connectivity index (χ2v) is 14.6. The van der Waals surface area contributed by atoms with Crippen LogP contribution >= 0.6 is 0 Å². The molecule has 1 aromatic carbocycles. The Morgan fingerprint density at radius 2 is 1.74 bits per heavy atom. The first-order valence-electron chi connectivity index (χ1n) is 10.8. The second kappa shape index (κ2) is 9.41. The maximum atomic E-state index is 10.8. The predicted molar refractivity (Wildman–Crippen MR) is 120 cm³/mol. The molecule has 31 heavy (non-hydrogen) atoms. The number of fused-ring (bicyclic) bond motifs is 1. The van der Waals surface area contributed by atoms with Gasteiger partial charge in [0.05, 0.1) is 6.61 Å². The van der Waals surface area contributed by atoms with Crippen LogP contribution in [0.3, 0.4) is 0 Å². The molecule has 1 aliphatic heterocycles. The standard InChI is InChI=1S/C23H36O7Si/c1-23(2,3)31(5,6)28-13-17-19(25)20(26)21(22(27-4)30-17)29-16-12-11-14-9-7-8-10-15(14)18(16)24/h7-12,16-22,24-26H,13H2,1-6H3/t16-,17+,18-,19-,20-,21-,22-/m0/s1. The van der Waals surface area contributed by atoms with Crippen LogP contribution in [0.25, 0.3) is 6.08 Å². The number of methoxy groups -OCH3 is 1. The highest BCUT2D eigenvalue weighted by Crippen LogP contribution is 2.38. The molecule has 0 radical (unpaired) electrons. The van der Waals surface area contributed by atoms with E-state index in [0.29, 0.717) is 0 Å².